The second-order valence-electron chi connectivity index (χ2n) is 4.54. The number of carbonyl (C=O) groups is 1. The van der Waals surface area contributed by atoms with Gasteiger partial charge in [-0.25, -0.2) is 8.78 Å². The van der Waals surface area contributed by atoms with Gasteiger partial charge in [0.1, 0.15) is 11.6 Å². The summed E-state index contributed by atoms with van der Waals surface area (Å²) in [6.45, 7) is 3.64. The van der Waals surface area contributed by atoms with E-state index >= 15 is 0 Å². The molecule has 2 N–H and O–H groups in total. The highest BCUT2D eigenvalue weighted by atomic mass is 19.1. The van der Waals surface area contributed by atoms with Crippen molar-refractivity contribution >= 4 is 5.97 Å². The minimum absolute atomic E-state index is 0.160. The Morgan fingerprint density at radius 1 is 1.37 bits per heavy atom. The molecular formula is C14H19F2NO2. The highest BCUT2D eigenvalue weighted by Gasteiger charge is 2.40. The van der Waals surface area contributed by atoms with Crippen LogP contribution in [-0.4, -0.2) is 19.1 Å². The molecule has 0 aliphatic heterocycles. The van der Waals surface area contributed by atoms with Gasteiger partial charge in [-0.2, -0.15) is 0 Å². The minimum atomic E-state index is -1.36. The van der Waals surface area contributed by atoms with Crippen molar-refractivity contribution in [3.05, 3.63) is 35.4 Å². The fraction of sp³-hybridized carbons (Fsp3) is 0.500. The van der Waals surface area contributed by atoms with Crippen LogP contribution in [0, 0.1) is 11.6 Å². The molecule has 0 aliphatic carbocycles. The molecule has 0 heterocycles. The lowest BCUT2D eigenvalue weighted by Gasteiger charge is -2.28. The molecule has 1 aromatic carbocycles. The summed E-state index contributed by atoms with van der Waals surface area (Å²) in [4.78, 5) is 12.1. The Kier molecular flexibility index (Phi) is 5.42. The van der Waals surface area contributed by atoms with Crippen molar-refractivity contribution in [2.75, 3.05) is 13.2 Å². The summed E-state index contributed by atoms with van der Waals surface area (Å²) >= 11 is 0. The number of benzene rings is 1. The first kappa shape index (κ1) is 15.6. The maximum Gasteiger partial charge on any atom is 0.316 e. The van der Waals surface area contributed by atoms with Crippen LogP contribution in [0.3, 0.4) is 0 Å². The van der Waals surface area contributed by atoms with E-state index in [-0.39, 0.29) is 18.6 Å². The molecule has 0 saturated carbocycles. The monoisotopic (exact) mass is 271 g/mol. The third-order valence-electron chi connectivity index (χ3n) is 3.12. The molecule has 106 valence electrons. The average Bonchev–Trinajstić information content (AvgIpc) is 2.36. The summed E-state index contributed by atoms with van der Waals surface area (Å²) in [5, 5.41) is 0. The first-order chi connectivity index (χ1) is 8.97. The van der Waals surface area contributed by atoms with Crippen LogP contribution >= 0.6 is 0 Å². The van der Waals surface area contributed by atoms with E-state index in [2.05, 4.69) is 0 Å². The lowest BCUT2D eigenvalue weighted by molar-refractivity contribution is -0.150. The van der Waals surface area contributed by atoms with Gasteiger partial charge in [0.25, 0.3) is 0 Å². The van der Waals surface area contributed by atoms with Gasteiger partial charge in [0.2, 0.25) is 0 Å². The average molecular weight is 271 g/mol. The molecule has 0 amide bonds. The van der Waals surface area contributed by atoms with Gasteiger partial charge in [-0.05, 0) is 45.4 Å². The van der Waals surface area contributed by atoms with E-state index in [0.717, 1.165) is 12.1 Å². The summed E-state index contributed by atoms with van der Waals surface area (Å²) in [5.41, 5.74) is 3.82. The van der Waals surface area contributed by atoms with E-state index in [0.29, 0.717) is 13.0 Å². The zero-order valence-electron chi connectivity index (χ0n) is 11.2. The number of carbonyl (C=O) groups excluding carboxylic acids is 1. The molecule has 0 fully saturated rings. The Morgan fingerprint density at radius 3 is 2.42 bits per heavy atom. The number of nitrogens with two attached hydrogens (primary N) is 1. The predicted octanol–water partition coefficient (Wildman–Crippen LogP) is 2.52. The zero-order valence-corrected chi connectivity index (χ0v) is 11.2. The number of halogens is 2. The third-order valence-corrected chi connectivity index (χ3v) is 3.12. The zero-order chi connectivity index (χ0) is 14.5. The number of ether oxygens (including phenoxy) is 1. The normalized spacial score (nSPS) is 13.9. The molecular weight excluding hydrogens is 252 g/mol. The van der Waals surface area contributed by atoms with Gasteiger partial charge >= 0.3 is 5.97 Å². The van der Waals surface area contributed by atoms with Gasteiger partial charge in [-0.1, -0.05) is 6.07 Å². The lowest BCUT2D eigenvalue weighted by Crippen LogP contribution is -2.37. The second-order valence-corrected chi connectivity index (χ2v) is 4.54. The number of hydrogen-bond acceptors (Lipinski definition) is 3. The van der Waals surface area contributed by atoms with Crippen molar-refractivity contribution in [2.24, 2.45) is 5.73 Å². The number of esters is 1. The number of hydrogen-bond donors (Lipinski definition) is 1. The van der Waals surface area contributed by atoms with E-state index in [1.165, 1.54) is 13.0 Å². The van der Waals surface area contributed by atoms with Crippen molar-refractivity contribution < 1.29 is 18.3 Å². The van der Waals surface area contributed by atoms with Crippen LogP contribution in [0.15, 0.2) is 18.2 Å². The van der Waals surface area contributed by atoms with E-state index < -0.39 is 23.0 Å². The quantitative estimate of drug-likeness (QED) is 0.809. The van der Waals surface area contributed by atoms with Crippen LogP contribution in [0.5, 0.6) is 0 Å². The summed E-state index contributed by atoms with van der Waals surface area (Å²) in [6, 6.07) is 3.54. The number of rotatable bonds is 6. The summed E-state index contributed by atoms with van der Waals surface area (Å²) in [6.07, 6.45) is 0.712. The summed E-state index contributed by atoms with van der Waals surface area (Å²) in [5.74, 6) is -2.12. The maximum absolute atomic E-state index is 13.9. The van der Waals surface area contributed by atoms with E-state index in [4.69, 9.17) is 10.5 Å². The molecule has 5 heteroatoms. The maximum atomic E-state index is 13.9. The second kappa shape index (κ2) is 6.61. The van der Waals surface area contributed by atoms with Crippen molar-refractivity contribution in [1.82, 2.24) is 0 Å². The van der Waals surface area contributed by atoms with Gasteiger partial charge in [0.15, 0.2) is 0 Å². The lowest BCUT2D eigenvalue weighted by atomic mass is 9.78. The van der Waals surface area contributed by atoms with Crippen molar-refractivity contribution in [3.63, 3.8) is 0 Å². The highest BCUT2D eigenvalue weighted by molar-refractivity contribution is 5.82. The minimum Gasteiger partial charge on any atom is -0.465 e. The molecule has 0 aliphatic rings. The third kappa shape index (κ3) is 3.29. The van der Waals surface area contributed by atoms with E-state index in [1.54, 1.807) is 6.92 Å². The SMILES string of the molecule is CCOC(=O)C(C)(CCCN)c1c(F)cccc1F. The topological polar surface area (TPSA) is 52.3 Å². The largest absolute Gasteiger partial charge is 0.465 e. The molecule has 0 bridgehead atoms. The Labute approximate surface area is 111 Å². The Morgan fingerprint density at radius 2 is 1.95 bits per heavy atom. The molecule has 1 aromatic rings. The fourth-order valence-electron chi connectivity index (χ4n) is 2.10. The summed E-state index contributed by atoms with van der Waals surface area (Å²) in [7, 11) is 0. The molecule has 1 rings (SSSR count). The molecule has 0 radical (unpaired) electrons. The predicted molar refractivity (Wildman–Crippen MR) is 68.6 cm³/mol. The Balaban J connectivity index is 3.26. The van der Waals surface area contributed by atoms with E-state index in [9.17, 15) is 13.6 Å². The van der Waals surface area contributed by atoms with Crippen LogP contribution in [0.2, 0.25) is 0 Å². The van der Waals surface area contributed by atoms with Crippen LogP contribution in [0.1, 0.15) is 32.3 Å². The molecule has 0 spiro atoms. The first-order valence-electron chi connectivity index (χ1n) is 6.29. The Hall–Kier alpha value is -1.49. The van der Waals surface area contributed by atoms with Crippen LogP contribution in [-0.2, 0) is 14.9 Å². The molecule has 3 nitrogen and oxygen atoms in total. The molecule has 19 heavy (non-hydrogen) atoms. The van der Waals surface area contributed by atoms with Crippen molar-refractivity contribution in [3.8, 4) is 0 Å². The van der Waals surface area contributed by atoms with Crippen LogP contribution < -0.4 is 5.73 Å². The smallest absolute Gasteiger partial charge is 0.316 e. The Bertz CT molecular complexity index is 431. The molecule has 0 aromatic heterocycles. The van der Waals surface area contributed by atoms with Crippen molar-refractivity contribution in [2.45, 2.75) is 32.1 Å². The van der Waals surface area contributed by atoms with Gasteiger partial charge in [-0.15, -0.1) is 0 Å². The van der Waals surface area contributed by atoms with Gasteiger partial charge in [0, 0.05) is 5.56 Å². The summed E-state index contributed by atoms with van der Waals surface area (Å²) < 4.78 is 32.7. The van der Waals surface area contributed by atoms with Crippen LogP contribution in [0.25, 0.3) is 0 Å². The fourth-order valence-corrected chi connectivity index (χ4v) is 2.10. The van der Waals surface area contributed by atoms with Crippen molar-refractivity contribution in [1.29, 1.82) is 0 Å². The molecule has 1 unspecified atom stereocenters. The standard InChI is InChI=1S/C14H19F2NO2/c1-3-19-13(18)14(2,8-5-9-17)12-10(15)6-4-7-11(12)16/h4,6-7H,3,5,8-9,17H2,1-2H3. The first-order valence-corrected chi connectivity index (χ1v) is 6.29. The molecule has 0 saturated heterocycles. The van der Waals surface area contributed by atoms with Gasteiger partial charge < -0.3 is 10.5 Å². The van der Waals surface area contributed by atoms with Crippen LogP contribution in [0.4, 0.5) is 8.78 Å². The van der Waals surface area contributed by atoms with Gasteiger partial charge in [0.05, 0.1) is 12.0 Å². The highest BCUT2D eigenvalue weighted by Crippen LogP contribution is 2.34. The van der Waals surface area contributed by atoms with Gasteiger partial charge in [-0.3, -0.25) is 4.79 Å². The van der Waals surface area contributed by atoms with E-state index in [1.807, 2.05) is 0 Å². The molecule has 1 atom stereocenters.